The van der Waals surface area contributed by atoms with Crippen molar-refractivity contribution < 1.29 is 16.9 Å². The minimum Gasteiger partial charge on any atom is -1.00 e. The molecule has 2 N–H and O–H groups in total. The van der Waals surface area contributed by atoms with Crippen molar-refractivity contribution in [2.45, 2.75) is 0 Å². The topological polar surface area (TPSA) is 57.5 Å². The summed E-state index contributed by atoms with van der Waals surface area (Å²) >= 11 is 0. The molecule has 0 atom stereocenters. The van der Waals surface area contributed by atoms with Crippen molar-refractivity contribution in [3.05, 3.63) is 0 Å². The van der Waals surface area contributed by atoms with Crippen molar-refractivity contribution in [2.24, 2.45) is 0 Å². The van der Waals surface area contributed by atoms with Crippen LogP contribution >= 0.6 is 0 Å². The molecule has 0 bridgehead atoms. The summed E-state index contributed by atoms with van der Waals surface area (Å²) in [5, 5.41) is 0. The largest absolute Gasteiger partial charge is 2.00 e. The molecule has 0 spiro atoms. The summed E-state index contributed by atoms with van der Waals surface area (Å²) in [5.41, 5.74) is 0. The summed E-state index contributed by atoms with van der Waals surface area (Å²) in [6.07, 6.45) is 0. The fourth-order valence-corrected chi connectivity index (χ4v) is 0. The second kappa shape index (κ2) is 4.38. The van der Waals surface area contributed by atoms with Crippen molar-refractivity contribution in [3.63, 3.8) is 0 Å². The molecule has 0 aliphatic carbocycles. The van der Waals surface area contributed by atoms with Crippen LogP contribution in [0.5, 0.6) is 0 Å². The second-order valence-electron chi connectivity index (χ2n) is 0.283. The molecule has 0 aromatic rings. The second-order valence-corrected chi connectivity index (χ2v) is 0.848. The van der Waals surface area contributed by atoms with Crippen LogP contribution < -0.4 is 0 Å². The Labute approximate surface area is 49.7 Å². The van der Waals surface area contributed by atoms with Gasteiger partial charge in [-0.25, -0.2) is 0 Å². The van der Waals surface area contributed by atoms with Gasteiger partial charge in [-0.3, -0.25) is 4.46 Å². The van der Waals surface area contributed by atoms with E-state index < -0.39 is 9.17 Å². The van der Waals surface area contributed by atoms with Gasteiger partial charge in [-0.15, -0.1) is 0 Å². The maximum absolute atomic E-state index is 8.74. The molecular formula is H4MgO3Si. The van der Waals surface area contributed by atoms with E-state index in [1.165, 1.54) is 0 Å². The molecule has 5 heteroatoms. The van der Waals surface area contributed by atoms with Crippen LogP contribution in [0.3, 0.4) is 0 Å². The zero-order chi connectivity index (χ0) is 3.58. The molecule has 0 aromatic carbocycles. The van der Waals surface area contributed by atoms with Crippen LogP contribution in [0.1, 0.15) is 2.85 Å². The molecule has 0 heterocycles. The Hall–Kier alpha value is 0.383. The predicted molar refractivity (Wildman–Crippen MR) is 18.9 cm³/mol. The molecule has 0 aliphatic heterocycles. The monoisotopic (exact) mass is 104 g/mol. The first-order chi connectivity index (χ1) is 1.73. The van der Waals surface area contributed by atoms with E-state index in [4.69, 9.17) is 14.1 Å². The Bertz CT molecular complexity index is 35.9. The Morgan fingerprint density at radius 3 is 1.60 bits per heavy atom. The van der Waals surface area contributed by atoms with Crippen LogP contribution in [0.25, 0.3) is 0 Å². The van der Waals surface area contributed by atoms with Gasteiger partial charge in [-0.05, 0) is 0 Å². The van der Waals surface area contributed by atoms with Gasteiger partial charge in [0.25, 0.3) is 0 Å². The molecule has 0 saturated carbocycles. The first kappa shape index (κ1) is 9.04. The van der Waals surface area contributed by atoms with Crippen LogP contribution in [-0.2, 0) is 4.46 Å². The number of hydrogen-bond acceptors (Lipinski definition) is 1. The van der Waals surface area contributed by atoms with Gasteiger partial charge in [0.05, 0.1) is 0 Å². The minimum atomic E-state index is -3.13. The van der Waals surface area contributed by atoms with E-state index in [0.717, 1.165) is 0 Å². The molecule has 0 fully saturated rings. The van der Waals surface area contributed by atoms with Gasteiger partial charge in [-0.2, -0.15) is 0 Å². The normalized spacial score (nSPS) is 4.80. The SMILES string of the molecule is O=[Si](O)O.[H-].[H-].[Mg+2]. The van der Waals surface area contributed by atoms with Gasteiger partial charge in [0, 0.05) is 0 Å². The Kier molecular flexibility index (Phi) is 7.92. The maximum atomic E-state index is 8.74. The summed E-state index contributed by atoms with van der Waals surface area (Å²) in [4.78, 5) is 14.3. The summed E-state index contributed by atoms with van der Waals surface area (Å²) in [7, 11) is -3.13. The third-order valence-electron chi connectivity index (χ3n) is 0. The molecule has 0 aliphatic rings. The van der Waals surface area contributed by atoms with Crippen molar-refractivity contribution in [3.8, 4) is 0 Å². The number of hydrogen-bond donors (Lipinski definition) is 2. The van der Waals surface area contributed by atoms with Crippen LogP contribution in [0.4, 0.5) is 0 Å². The molecule has 0 radical (unpaired) electrons. The molecule has 0 rings (SSSR count). The minimum absolute atomic E-state index is 0. The molecule has 0 saturated heterocycles. The summed E-state index contributed by atoms with van der Waals surface area (Å²) in [6.45, 7) is 0. The van der Waals surface area contributed by atoms with Gasteiger partial charge in [0.15, 0.2) is 0 Å². The third kappa shape index (κ3) is 170. The average Bonchev–Trinajstić information content (AvgIpc) is 0.811. The van der Waals surface area contributed by atoms with Gasteiger partial charge in [0.1, 0.15) is 0 Å². The van der Waals surface area contributed by atoms with Crippen molar-refractivity contribution >= 4 is 32.2 Å². The van der Waals surface area contributed by atoms with Crippen molar-refractivity contribution in [2.75, 3.05) is 0 Å². The Balaban J connectivity index is -0.0000000150. The molecular weight excluding hydrogens is 100 g/mol. The Morgan fingerprint density at radius 2 is 1.60 bits per heavy atom. The van der Waals surface area contributed by atoms with E-state index >= 15 is 0 Å². The average molecular weight is 104 g/mol. The summed E-state index contributed by atoms with van der Waals surface area (Å²) in [6, 6.07) is 0. The molecule has 28 valence electrons. The smallest absolute Gasteiger partial charge is 1.00 e. The molecule has 5 heavy (non-hydrogen) atoms. The maximum Gasteiger partial charge on any atom is 2.00 e. The van der Waals surface area contributed by atoms with Crippen LogP contribution in [0, 0.1) is 0 Å². The molecule has 0 unspecified atom stereocenters. The van der Waals surface area contributed by atoms with Gasteiger partial charge < -0.3 is 12.4 Å². The first-order valence-electron chi connectivity index (χ1n) is 0.651. The van der Waals surface area contributed by atoms with Crippen LogP contribution in [0.15, 0.2) is 0 Å². The first-order valence-corrected chi connectivity index (χ1v) is 1.95. The molecule has 0 amide bonds. The van der Waals surface area contributed by atoms with Crippen LogP contribution in [-0.4, -0.2) is 41.8 Å². The van der Waals surface area contributed by atoms with Crippen LogP contribution in [0.2, 0.25) is 0 Å². The van der Waals surface area contributed by atoms with Gasteiger partial charge >= 0.3 is 32.2 Å². The van der Waals surface area contributed by atoms with Gasteiger partial charge in [0.2, 0.25) is 0 Å². The van der Waals surface area contributed by atoms with E-state index in [0.29, 0.717) is 0 Å². The quantitative estimate of drug-likeness (QED) is 0.358. The summed E-state index contributed by atoms with van der Waals surface area (Å²) in [5.74, 6) is 0. The van der Waals surface area contributed by atoms with E-state index in [1.54, 1.807) is 0 Å². The fraction of sp³-hybridized carbons (Fsp3) is 0. The molecule has 0 aromatic heterocycles. The Morgan fingerprint density at radius 1 is 1.60 bits per heavy atom. The van der Waals surface area contributed by atoms with Crippen molar-refractivity contribution in [1.29, 1.82) is 0 Å². The fourth-order valence-electron chi connectivity index (χ4n) is 0. The standard InChI is InChI=1S/Mg.H2O3Si.2H/c;1-4(2)3;;/h;1-2H;;/q+2;;2*-1. The van der Waals surface area contributed by atoms with E-state index in [-0.39, 0.29) is 25.9 Å². The summed E-state index contributed by atoms with van der Waals surface area (Å²) < 4.78 is 8.74. The predicted octanol–water partition coefficient (Wildman–Crippen LogP) is -1.77. The van der Waals surface area contributed by atoms with Crippen molar-refractivity contribution in [1.82, 2.24) is 0 Å². The van der Waals surface area contributed by atoms with Gasteiger partial charge in [-0.1, -0.05) is 0 Å². The zero-order valence-electron chi connectivity index (χ0n) is 4.51. The van der Waals surface area contributed by atoms with E-state index in [1.807, 2.05) is 0 Å². The van der Waals surface area contributed by atoms with E-state index in [2.05, 4.69) is 0 Å². The van der Waals surface area contributed by atoms with E-state index in [9.17, 15) is 0 Å². The molecule has 3 nitrogen and oxygen atoms in total. The number of rotatable bonds is 0. The zero-order valence-corrected chi connectivity index (χ0v) is 4.92. The third-order valence-corrected chi connectivity index (χ3v) is 0.